The Kier molecular flexibility index (Phi) is 3.45. The maximum atomic E-state index is 10.8. The summed E-state index contributed by atoms with van der Waals surface area (Å²) in [4.78, 5) is 21.6. The van der Waals surface area contributed by atoms with Crippen LogP contribution >= 0.6 is 0 Å². The Morgan fingerprint density at radius 1 is 1.21 bits per heavy atom. The molecule has 4 nitrogen and oxygen atoms in total. The Labute approximate surface area is 83.1 Å². The summed E-state index contributed by atoms with van der Waals surface area (Å²) < 4.78 is 0. The zero-order chi connectivity index (χ0) is 10.6. The van der Waals surface area contributed by atoms with Gasteiger partial charge in [-0.2, -0.15) is 0 Å². The van der Waals surface area contributed by atoms with E-state index in [1.54, 1.807) is 6.08 Å². The van der Waals surface area contributed by atoms with Crippen LogP contribution in [-0.4, -0.2) is 11.8 Å². The van der Waals surface area contributed by atoms with Gasteiger partial charge < -0.3 is 10.6 Å². The topological polar surface area (TPSA) is 58.2 Å². The Morgan fingerprint density at radius 2 is 1.86 bits per heavy atom. The van der Waals surface area contributed by atoms with Gasteiger partial charge >= 0.3 is 0 Å². The van der Waals surface area contributed by atoms with E-state index in [1.165, 1.54) is 13.8 Å². The van der Waals surface area contributed by atoms with Gasteiger partial charge in [0.25, 0.3) is 0 Å². The Bertz CT molecular complexity index is 316. The fourth-order valence-corrected chi connectivity index (χ4v) is 1.32. The van der Waals surface area contributed by atoms with Crippen LogP contribution in [0.25, 0.3) is 0 Å². The molecule has 0 aromatic rings. The summed E-state index contributed by atoms with van der Waals surface area (Å²) in [6, 6.07) is 0. The van der Waals surface area contributed by atoms with Crippen LogP contribution in [-0.2, 0) is 9.59 Å². The molecule has 0 saturated carbocycles. The molecular weight excluding hydrogens is 180 g/mol. The molecule has 0 atom stereocenters. The molecule has 0 bridgehead atoms. The van der Waals surface area contributed by atoms with E-state index in [4.69, 9.17) is 0 Å². The van der Waals surface area contributed by atoms with Gasteiger partial charge in [0.2, 0.25) is 11.8 Å². The van der Waals surface area contributed by atoms with Gasteiger partial charge in [-0.3, -0.25) is 9.59 Å². The molecule has 0 radical (unpaired) electrons. The quantitative estimate of drug-likeness (QED) is 0.683. The number of amides is 2. The van der Waals surface area contributed by atoms with Gasteiger partial charge in [0.1, 0.15) is 0 Å². The molecule has 0 aromatic carbocycles. The first-order valence-corrected chi connectivity index (χ1v) is 4.54. The van der Waals surface area contributed by atoms with Crippen molar-refractivity contribution in [3.8, 4) is 0 Å². The minimum absolute atomic E-state index is 0.0830. The number of nitrogens with one attached hydrogen (secondary N) is 2. The smallest absolute Gasteiger partial charge is 0.221 e. The van der Waals surface area contributed by atoms with E-state index in [9.17, 15) is 9.59 Å². The molecule has 4 heteroatoms. The van der Waals surface area contributed by atoms with Gasteiger partial charge in [-0.1, -0.05) is 6.08 Å². The molecule has 2 amide bonds. The van der Waals surface area contributed by atoms with E-state index in [0.29, 0.717) is 0 Å². The van der Waals surface area contributed by atoms with Crippen molar-refractivity contribution in [1.82, 2.24) is 10.6 Å². The van der Waals surface area contributed by atoms with Gasteiger partial charge in [0, 0.05) is 25.2 Å². The predicted molar refractivity (Wildman–Crippen MR) is 53.0 cm³/mol. The van der Waals surface area contributed by atoms with Crippen LogP contribution in [0.2, 0.25) is 0 Å². The molecular formula is C10H14N2O2. The van der Waals surface area contributed by atoms with Crippen LogP contribution in [0.5, 0.6) is 0 Å². The lowest BCUT2D eigenvalue weighted by Gasteiger charge is -2.14. The van der Waals surface area contributed by atoms with Crippen LogP contribution < -0.4 is 10.6 Å². The lowest BCUT2D eigenvalue weighted by atomic mass is 10.1. The molecule has 0 heterocycles. The molecule has 14 heavy (non-hydrogen) atoms. The molecule has 0 fully saturated rings. The molecule has 76 valence electrons. The van der Waals surface area contributed by atoms with Crippen molar-refractivity contribution in [2.75, 3.05) is 0 Å². The van der Waals surface area contributed by atoms with E-state index in [0.717, 1.165) is 24.2 Å². The number of rotatable bonds is 2. The van der Waals surface area contributed by atoms with Crippen LogP contribution in [0.4, 0.5) is 0 Å². The van der Waals surface area contributed by atoms with Crippen molar-refractivity contribution in [3.63, 3.8) is 0 Å². The molecule has 1 rings (SSSR count). The Hall–Kier alpha value is -1.58. The lowest BCUT2D eigenvalue weighted by molar-refractivity contribution is -0.119. The van der Waals surface area contributed by atoms with Crippen molar-refractivity contribution in [3.05, 3.63) is 23.5 Å². The van der Waals surface area contributed by atoms with Gasteiger partial charge in [-0.15, -0.1) is 0 Å². The van der Waals surface area contributed by atoms with E-state index >= 15 is 0 Å². The Morgan fingerprint density at radius 3 is 2.43 bits per heavy atom. The minimum Gasteiger partial charge on any atom is -0.330 e. The summed E-state index contributed by atoms with van der Waals surface area (Å²) in [5, 5.41) is 5.39. The number of allylic oxidation sites excluding steroid dienone is 3. The van der Waals surface area contributed by atoms with Gasteiger partial charge in [0.15, 0.2) is 0 Å². The number of carbonyl (C=O) groups excluding carboxylic acids is 2. The van der Waals surface area contributed by atoms with Gasteiger partial charge in [0.05, 0.1) is 0 Å². The van der Waals surface area contributed by atoms with E-state index in [1.807, 2.05) is 6.08 Å². The van der Waals surface area contributed by atoms with E-state index in [2.05, 4.69) is 10.6 Å². The Balaban J connectivity index is 2.62. The highest BCUT2D eigenvalue weighted by molar-refractivity contribution is 5.77. The molecule has 1 aliphatic rings. The first kappa shape index (κ1) is 10.5. The fourth-order valence-electron chi connectivity index (χ4n) is 1.32. The molecule has 0 spiro atoms. The van der Waals surface area contributed by atoms with Crippen molar-refractivity contribution in [2.24, 2.45) is 0 Å². The summed E-state index contributed by atoms with van der Waals surface area (Å²) in [5.41, 5.74) is 1.61. The fraction of sp³-hybridized carbons (Fsp3) is 0.400. The first-order valence-electron chi connectivity index (χ1n) is 4.54. The standard InChI is InChI=1S/C10H14N2O2/c1-7(13)11-9-4-3-5-10(6-9)12-8(2)14/h4,6H,3,5H2,1-2H3,(H,11,13)(H,12,14). The maximum Gasteiger partial charge on any atom is 0.221 e. The second-order valence-corrected chi connectivity index (χ2v) is 3.23. The summed E-state index contributed by atoms with van der Waals surface area (Å²) in [7, 11) is 0. The van der Waals surface area contributed by atoms with E-state index < -0.39 is 0 Å². The van der Waals surface area contributed by atoms with Crippen molar-refractivity contribution < 1.29 is 9.59 Å². The third-order valence-corrected chi connectivity index (χ3v) is 1.76. The zero-order valence-electron chi connectivity index (χ0n) is 8.39. The highest BCUT2D eigenvalue weighted by Gasteiger charge is 2.07. The SMILES string of the molecule is CC(=O)NC1=CCCC(NC(C)=O)=C1. The highest BCUT2D eigenvalue weighted by atomic mass is 16.2. The molecule has 2 N–H and O–H groups in total. The van der Waals surface area contributed by atoms with Crippen molar-refractivity contribution >= 4 is 11.8 Å². The minimum atomic E-state index is -0.100. The van der Waals surface area contributed by atoms with Gasteiger partial charge in [-0.05, 0) is 18.9 Å². The molecule has 1 aliphatic carbocycles. The monoisotopic (exact) mass is 194 g/mol. The third kappa shape index (κ3) is 3.43. The summed E-state index contributed by atoms with van der Waals surface area (Å²) in [6.07, 6.45) is 5.36. The zero-order valence-corrected chi connectivity index (χ0v) is 8.39. The first-order chi connectivity index (χ1) is 6.58. The molecule has 0 aromatic heterocycles. The molecule has 0 saturated heterocycles. The van der Waals surface area contributed by atoms with E-state index in [-0.39, 0.29) is 11.8 Å². The predicted octanol–water partition coefficient (Wildman–Crippen LogP) is 0.820. The normalized spacial score (nSPS) is 15.3. The third-order valence-electron chi connectivity index (χ3n) is 1.76. The van der Waals surface area contributed by atoms with Crippen molar-refractivity contribution in [1.29, 1.82) is 0 Å². The van der Waals surface area contributed by atoms with Crippen LogP contribution in [0.1, 0.15) is 26.7 Å². The lowest BCUT2D eigenvalue weighted by Crippen LogP contribution is -2.24. The number of hydrogen-bond acceptors (Lipinski definition) is 2. The van der Waals surface area contributed by atoms with Crippen LogP contribution in [0.3, 0.4) is 0 Å². The number of hydrogen-bond donors (Lipinski definition) is 2. The average molecular weight is 194 g/mol. The van der Waals surface area contributed by atoms with Crippen LogP contribution in [0, 0.1) is 0 Å². The van der Waals surface area contributed by atoms with Crippen molar-refractivity contribution in [2.45, 2.75) is 26.7 Å². The second-order valence-electron chi connectivity index (χ2n) is 3.23. The molecule has 0 unspecified atom stereocenters. The largest absolute Gasteiger partial charge is 0.330 e. The highest BCUT2D eigenvalue weighted by Crippen LogP contribution is 2.13. The van der Waals surface area contributed by atoms with Crippen LogP contribution in [0.15, 0.2) is 23.5 Å². The summed E-state index contributed by atoms with van der Waals surface area (Å²) in [5.74, 6) is -0.183. The number of carbonyl (C=O) groups is 2. The average Bonchev–Trinajstić information content (AvgIpc) is 2.01. The summed E-state index contributed by atoms with van der Waals surface area (Å²) >= 11 is 0. The second kappa shape index (κ2) is 4.60. The summed E-state index contributed by atoms with van der Waals surface area (Å²) in [6.45, 7) is 2.93. The molecule has 0 aliphatic heterocycles. The maximum absolute atomic E-state index is 10.8. The van der Waals surface area contributed by atoms with Gasteiger partial charge in [-0.25, -0.2) is 0 Å².